The second kappa shape index (κ2) is 13.7. The lowest BCUT2D eigenvalue weighted by atomic mass is 10.1. The molecule has 0 fully saturated rings. The first-order valence-corrected chi connectivity index (χ1v) is 14.0. The van der Waals surface area contributed by atoms with Crippen molar-refractivity contribution in [2.24, 2.45) is 0 Å². The van der Waals surface area contributed by atoms with Gasteiger partial charge in [0.15, 0.2) is 34.6 Å². The van der Waals surface area contributed by atoms with E-state index in [0.29, 0.717) is 24.5 Å². The monoisotopic (exact) mass is 673 g/mol. The van der Waals surface area contributed by atoms with Gasteiger partial charge in [0, 0.05) is 30.3 Å². The van der Waals surface area contributed by atoms with E-state index in [9.17, 15) is 31.5 Å². The Hall–Kier alpha value is -5.57. The molecule has 0 spiro atoms. The molecule has 3 aromatic carbocycles. The third kappa shape index (κ3) is 6.90. The van der Waals surface area contributed by atoms with E-state index in [0.717, 1.165) is 36.5 Å². The number of ether oxygens (including phenoxy) is 4. The number of amides is 1. The molecule has 0 saturated carbocycles. The molecule has 2 heterocycles. The van der Waals surface area contributed by atoms with Crippen LogP contribution in [0.5, 0.6) is 23.0 Å². The number of aromatic nitrogens is 2. The average molecular weight is 674 g/mol. The van der Waals surface area contributed by atoms with E-state index < -0.39 is 52.1 Å². The largest absolute Gasteiger partial charge is 0.493 e. The average Bonchev–Trinajstić information content (AvgIpc) is 3.03. The van der Waals surface area contributed by atoms with Crippen LogP contribution < -0.4 is 25.1 Å². The van der Waals surface area contributed by atoms with Crippen LogP contribution in [0.1, 0.15) is 21.6 Å². The first kappa shape index (κ1) is 33.8. The van der Waals surface area contributed by atoms with Gasteiger partial charge in [0.25, 0.3) is 11.5 Å². The summed E-state index contributed by atoms with van der Waals surface area (Å²) in [6, 6.07) is 9.96. The second-order valence-corrected chi connectivity index (χ2v) is 10.2. The third-order valence-corrected chi connectivity index (χ3v) is 7.02. The fourth-order valence-corrected chi connectivity index (χ4v) is 4.77. The molecule has 2 aromatic heterocycles. The van der Waals surface area contributed by atoms with Crippen LogP contribution in [-0.4, -0.2) is 42.9 Å². The number of carbonyl (C=O) groups is 1. The Bertz CT molecular complexity index is 2080. The van der Waals surface area contributed by atoms with Crippen LogP contribution in [0.25, 0.3) is 16.6 Å². The minimum atomic E-state index is -5.00. The number of benzene rings is 3. The van der Waals surface area contributed by atoms with Crippen LogP contribution in [0.3, 0.4) is 0 Å². The molecule has 250 valence electrons. The van der Waals surface area contributed by atoms with Crippen LogP contribution in [0.2, 0.25) is 0 Å². The van der Waals surface area contributed by atoms with Crippen LogP contribution in [0, 0.1) is 24.4 Å². The summed E-state index contributed by atoms with van der Waals surface area (Å²) in [4.78, 5) is 30.4. The Morgan fingerprint density at radius 3 is 2.33 bits per heavy atom. The van der Waals surface area contributed by atoms with Gasteiger partial charge in [-0.2, -0.15) is 13.2 Å². The lowest BCUT2D eigenvalue weighted by molar-refractivity contribution is -0.142. The number of anilines is 1. The Labute approximate surface area is 268 Å². The van der Waals surface area contributed by atoms with Gasteiger partial charge in [0.2, 0.25) is 0 Å². The number of rotatable bonds is 10. The van der Waals surface area contributed by atoms with Gasteiger partial charge < -0.3 is 24.3 Å². The summed E-state index contributed by atoms with van der Waals surface area (Å²) in [7, 11) is 2.87. The first-order valence-electron chi connectivity index (χ1n) is 14.0. The predicted molar refractivity (Wildman–Crippen MR) is 162 cm³/mol. The maximum atomic E-state index is 15.2. The van der Waals surface area contributed by atoms with Gasteiger partial charge >= 0.3 is 6.18 Å². The predicted octanol–water partition coefficient (Wildman–Crippen LogP) is 7.21. The maximum absolute atomic E-state index is 15.2. The van der Waals surface area contributed by atoms with E-state index in [-0.39, 0.29) is 50.5 Å². The van der Waals surface area contributed by atoms with Gasteiger partial charge in [-0.05, 0) is 61.0 Å². The second-order valence-electron chi connectivity index (χ2n) is 10.2. The number of alkyl halides is 3. The molecule has 1 N–H and O–H groups in total. The Kier molecular flexibility index (Phi) is 9.61. The number of halogens is 6. The standard InChI is InChI=1S/C33H25F6N3O6/c1-17-12-18(34)4-7-25(17)42-29(33(37,38)39)9-6-20(32(42)44)31(43)41-19-5-8-26(22(35)13-19)48-30-21-14-27(46-3)28(47-11-10-45-2)15-24(21)40-16-23(30)36/h4-9,12-16H,10-11H2,1-3H3,(H,41,43). The molecule has 48 heavy (non-hydrogen) atoms. The molecule has 0 aliphatic rings. The lowest BCUT2D eigenvalue weighted by Crippen LogP contribution is -2.33. The van der Waals surface area contributed by atoms with E-state index in [1.165, 1.54) is 39.3 Å². The van der Waals surface area contributed by atoms with E-state index in [1.807, 2.05) is 0 Å². The first-order chi connectivity index (χ1) is 22.8. The molecule has 5 aromatic rings. The fourth-order valence-electron chi connectivity index (χ4n) is 4.77. The van der Waals surface area contributed by atoms with Gasteiger partial charge in [0.1, 0.15) is 23.7 Å². The van der Waals surface area contributed by atoms with Gasteiger partial charge in [-0.3, -0.25) is 19.1 Å². The van der Waals surface area contributed by atoms with Crippen LogP contribution in [0.15, 0.2) is 71.7 Å². The summed E-state index contributed by atoms with van der Waals surface area (Å²) < 4.78 is 107. The number of aryl methyl sites for hydroxylation is 1. The van der Waals surface area contributed by atoms with Crippen molar-refractivity contribution < 1.29 is 50.1 Å². The number of nitrogens with zero attached hydrogens (tertiary/aromatic N) is 2. The maximum Gasteiger partial charge on any atom is 0.431 e. The van der Waals surface area contributed by atoms with Crippen molar-refractivity contribution >= 4 is 22.5 Å². The zero-order valence-electron chi connectivity index (χ0n) is 25.4. The van der Waals surface area contributed by atoms with E-state index in [2.05, 4.69) is 10.3 Å². The number of hydrogen-bond acceptors (Lipinski definition) is 7. The van der Waals surface area contributed by atoms with Crippen molar-refractivity contribution in [1.29, 1.82) is 0 Å². The molecule has 0 aliphatic heterocycles. The Morgan fingerprint density at radius 1 is 0.896 bits per heavy atom. The summed E-state index contributed by atoms with van der Waals surface area (Å²) in [6.45, 7) is 1.79. The number of methoxy groups -OCH3 is 2. The fraction of sp³-hybridized carbons (Fsp3) is 0.182. The highest BCUT2D eigenvalue weighted by Crippen LogP contribution is 2.39. The van der Waals surface area contributed by atoms with Gasteiger partial charge in [-0.15, -0.1) is 0 Å². The van der Waals surface area contributed by atoms with E-state index >= 15 is 4.39 Å². The Morgan fingerprint density at radius 2 is 1.67 bits per heavy atom. The number of hydrogen-bond donors (Lipinski definition) is 1. The summed E-state index contributed by atoms with van der Waals surface area (Å²) in [5, 5.41) is 2.39. The van der Waals surface area contributed by atoms with E-state index in [4.69, 9.17) is 18.9 Å². The highest BCUT2D eigenvalue weighted by atomic mass is 19.4. The van der Waals surface area contributed by atoms with Crippen molar-refractivity contribution in [3.63, 3.8) is 0 Å². The highest BCUT2D eigenvalue weighted by Gasteiger charge is 2.36. The number of pyridine rings is 2. The minimum absolute atomic E-state index is 0.00511. The molecule has 1 amide bonds. The lowest BCUT2D eigenvalue weighted by Gasteiger charge is -2.18. The molecule has 0 unspecified atom stereocenters. The molecule has 0 bridgehead atoms. The molecular weight excluding hydrogens is 648 g/mol. The summed E-state index contributed by atoms with van der Waals surface area (Å²) in [5.41, 5.74) is -3.70. The molecule has 0 aliphatic carbocycles. The number of fused-ring (bicyclic) bond motifs is 1. The molecule has 9 nitrogen and oxygen atoms in total. The van der Waals surface area contributed by atoms with Crippen molar-refractivity contribution in [3.05, 3.63) is 111 Å². The van der Waals surface area contributed by atoms with Crippen LogP contribution in [-0.2, 0) is 10.9 Å². The molecule has 0 radical (unpaired) electrons. The SMILES string of the molecule is COCCOc1cc2ncc(F)c(Oc3ccc(NC(=O)c4ccc(C(F)(F)F)n(-c5ccc(F)cc5C)c4=O)cc3F)c2cc1OC. The smallest absolute Gasteiger partial charge is 0.431 e. The van der Waals surface area contributed by atoms with Crippen LogP contribution in [0.4, 0.5) is 32.0 Å². The van der Waals surface area contributed by atoms with Crippen LogP contribution >= 0.6 is 0 Å². The van der Waals surface area contributed by atoms with Crippen molar-refractivity contribution in [1.82, 2.24) is 9.55 Å². The van der Waals surface area contributed by atoms with Crippen molar-refractivity contribution in [3.8, 4) is 28.7 Å². The Balaban J connectivity index is 1.44. The van der Waals surface area contributed by atoms with Gasteiger partial charge in [-0.25, -0.2) is 13.2 Å². The number of nitrogens with one attached hydrogen (secondary N) is 1. The topological polar surface area (TPSA) is 101 Å². The van der Waals surface area contributed by atoms with Crippen molar-refractivity contribution in [2.45, 2.75) is 13.1 Å². The molecule has 0 saturated heterocycles. The minimum Gasteiger partial charge on any atom is -0.493 e. The zero-order valence-corrected chi connectivity index (χ0v) is 25.4. The summed E-state index contributed by atoms with van der Waals surface area (Å²) >= 11 is 0. The van der Waals surface area contributed by atoms with Crippen molar-refractivity contribution in [2.75, 3.05) is 32.8 Å². The third-order valence-electron chi connectivity index (χ3n) is 7.02. The summed E-state index contributed by atoms with van der Waals surface area (Å²) in [5.74, 6) is -4.21. The summed E-state index contributed by atoms with van der Waals surface area (Å²) in [6.07, 6.45) is -4.13. The van der Waals surface area contributed by atoms with Gasteiger partial charge in [0.05, 0.1) is 31.1 Å². The highest BCUT2D eigenvalue weighted by molar-refractivity contribution is 6.04. The zero-order chi connectivity index (χ0) is 34.7. The van der Waals surface area contributed by atoms with E-state index in [1.54, 1.807) is 0 Å². The molecule has 0 atom stereocenters. The number of carbonyl (C=O) groups excluding carboxylic acids is 1. The van der Waals surface area contributed by atoms with Gasteiger partial charge in [-0.1, -0.05) is 0 Å². The quantitative estimate of drug-likeness (QED) is 0.124. The normalized spacial score (nSPS) is 11.4. The molecule has 15 heteroatoms. The molecular formula is C33H25F6N3O6. The molecule has 5 rings (SSSR count).